The Morgan fingerprint density at radius 1 is 1.25 bits per heavy atom. The van der Waals surface area contributed by atoms with E-state index in [4.69, 9.17) is 9.47 Å². The monoisotopic (exact) mass is 399 g/mol. The molecule has 8 nitrogen and oxygen atoms in total. The largest absolute Gasteiger partial charge is 0.496 e. The van der Waals surface area contributed by atoms with E-state index in [-0.39, 0.29) is 16.3 Å². The van der Waals surface area contributed by atoms with Crippen LogP contribution in [0.3, 0.4) is 0 Å². The Hall–Kier alpha value is -3.53. The summed E-state index contributed by atoms with van der Waals surface area (Å²) in [5, 5.41) is 10.9. The Labute approximate surface area is 162 Å². The van der Waals surface area contributed by atoms with E-state index in [1.54, 1.807) is 41.2 Å². The number of nitrogens with zero attached hydrogens (tertiary/aromatic N) is 4. The molecule has 0 aliphatic carbocycles. The highest BCUT2D eigenvalue weighted by molar-refractivity contribution is 7.17. The standard InChI is InChI=1S/C18H14FN5O3S/c1-26-13-5-3-4-12(19)15(13)10-8-14-20-6-7-24(14)9-11(10)16(25)21-17-22-23-18(27-2)28-17/h3-9H,1-2H3,(H,21,22,25). The number of halogens is 1. The molecule has 1 amide bonds. The quantitative estimate of drug-likeness (QED) is 0.554. The minimum Gasteiger partial charge on any atom is -0.496 e. The van der Waals surface area contributed by atoms with Gasteiger partial charge in [-0.1, -0.05) is 11.2 Å². The first-order valence-electron chi connectivity index (χ1n) is 8.09. The third-order valence-electron chi connectivity index (χ3n) is 4.04. The van der Waals surface area contributed by atoms with Gasteiger partial charge in [-0.05, 0) is 29.5 Å². The molecule has 0 saturated carbocycles. The van der Waals surface area contributed by atoms with Gasteiger partial charge in [-0.15, -0.1) is 5.10 Å². The highest BCUT2D eigenvalue weighted by atomic mass is 32.1. The lowest BCUT2D eigenvalue weighted by Gasteiger charge is -2.14. The van der Waals surface area contributed by atoms with Crippen molar-refractivity contribution in [2.45, 2.75) is 0 Å². The molecule has 0 atom stereocenters. The van der Waals surface area contributed by atoms with Crippen molar-refractivity contribution in [2.75, 3.05) is 19.5 Å². The number of amides is 1. The molecule has 10 heteroatoms. The number of carbonyl (C=O) groups is 1. The number of fused-ring (bicyclic) bond motifs is 1. The number of pyridine rings is 1. The third-order valence-corrected chi connectivity index (χ3v) is 4.84. The molecular formula is C18H14FN5O3S. The minimum atomic E-state index is -0.512. The fourth-order valence-electron chi connectivity index (χ4n) is 2.79. The number of hydrogen-bond donors (Lipinski definition) is 1. The summed E-state index contributed by atoms with van der Waals surface area (Å²) in [5.74, 6) is -0.681. The molecule has 142 valence electrons. The van der Waals surface area contributed by atoms with E-state index in [2.05, 4.69) is 20.5 Å². The minimum absolute atomic E-state index is 0.176. The van der Waals surface area contributed by atoms with Crippen molar-refractivity contribution >= 4 is 28.0 Å². The zero-order valence-corrected chi connectivity index (χ0v) is 15.7. The van der Waals surface area contributed by atoms with Crippen LogP contribution >= 0.6 is 11.3 Å². The predicted molar refractivity (Wildman–Crippen MR) is 102 cm³/mol. The van der Waals surface area contributed by atoms with Gasteiger partial charge in [0.1, 0.15) is 17.2 Å². The summed E-state index contributed by atoms with van der Waals surface area (Å²) >= 11 is 1.08. The van der Waals surface area contributed by atoms with Crippen LogP contribution in [0.25, 0.3) is 16.8 Å². The number of carbonyl (C=O) groups excluding carboxylic acids is 1. The van der Waals surface area contributed by atoms with Crippen LogP contribution in [0.2, 0.25) is 0 Å². The lowest BCUT2D eigenvalue weighted by Crippen LogP contribution is -2.14. The lowest BCUT2D eigenvalue weighted by molar-refractivity contribution is 0.102. The number of benzene rings is 1. The molecule has 4 aromatic rings. The van der Waals surface area contributed by atoms with Gasteiger partial charge in [-0.25, -0.2) is 9.37 Å². The maximum atomic E-state index is 14.7. The van der Waals surface area contributed by atoms with Gasteiger partial charge in [0.25, 0.3) is 11.1 Å². The number of rotatable bonds is 5. The van der Waals surface area contributed by atoms with Crippen LogP contribution in [-0.4, -0.2) is 39.7 Å². The van der Waals surface area contributed by atoms with Crippen molar-refractivity contribution in [1.82, 2.24) is 19.6 Å². The van der Waals surface area contributed by atoms with Gasteiger partial charge >= 0.3 is 0 Å². The molecule has 0 radical (unpaired) electrons. The molecule has 0 saturated heterocycles. The summed E-state index contributed by atoms with van der Waals surface area (Å²) in [5.41, 5.74) is 1.32. The Morgan fingerprint density at radius 3 is 2.86 bits per heavy atom. The van der Waals surface area contributed by atoms with Crippen molar-refractivity contribution in [2.24, 2.45) is 0 Å². The molecular weight excluding hydrogens is 385 g/mol. The Bertz CT molecular complexity index is 1170. The van der Waals surface area contributed by atoms with Crippen molar-refractivity contribution in [3.63, 3.8) is 0 Å². The van der Waals surface area contributed by atoms with Crippen molar-refractivity contribution < 1.29 is 18.7 Å². The first-order chi connectivity index (χ1) is 13.6. The molecule has 1 N–H and O–H groups in total. The number of anilines is 1. The van der Waals surface area contributed by atoms with Crippen LogP contribution in [-0.2, 0) is 0 Å². The fourth-order valence-corrected chi connectivity index (χ4v) is 3.35. The first-order valence-corrected chi connectivity index (χ1v) is 8.90. The molecule has 0 fully saturated rings. The van der Waals surface area contributed by atoms with Crippen LogP contribution in [0.1, 0.15) is 10.4 Å². The van der Waals surface area contributed by atoms with Gasteiger partial charge in [-0.3, -0.25) is 10.1 Å². The van der Waals surface area contributed by atoms with E-state index in [1.807, 2.05) is 0 Å². The Morgan fingerprint density at radius 2 is 2.11 bits per heavy atom. The van der Waals surface area contributed by atoms with Crippen LogP contribution in [0, 0.1) is 5.82 Å². The van der Waals surface area contributed by atoms with Crippen LogP contribution < -0.4 is 14.8 Å². The van der Waals surface area contributed by atoms with Gasteiger partial charge < -0.3 is 13.9 Å². The molecule has 0 spiro atoms. The topological polar surface area (TPSA) is 90.6 Å². The number of methoxy groups -OCH3 is 2. The average molecular weight is 399 g/mol. The molecule has 0 unspecified atom stereocenters. The number of ether oxygens (including phenoxy) is 2. The molecule has 28 heavy (non-hydrogen) atoms. The van der Waals surface area contributed by atoms with Crippen molar-refractivity contribution in [3.8, 4) is 22.1 Å². The molecule has 0 aliphatic heterocycles. The molecule has 4 rings (SSSR count). The maximum Gasteiger partial charge on any atom is 0.295 e. The Kier molecular flexibility index (Phi) is 4.62. The second-order valence-electron chi connectivity index (χ2n) is 5.64. The summed E-state index contributed by atoms with van der Waals surface area (Å²) in [6, 6.07) is 6.12. The van der Waals surface area contributed by atoms with Gasteiger partial charge in [-0.2, -0.15) is 0 Å². The van der Waals surface area contributed by atoms with Crippen molar-refractivity contribution in [1.29, 1.82) is 0 Å². The number of aromatic nitrogens is 4. The fraction of sp³-hybridized carbons (Fsp3) is 0.111. The van der Waals surface area contributed by atoms with E-state index in [1.165, 1.54) is 20.3 Å². The van der Waals surface area contributed by atoms with Gasteiger partial charge in [0.05, 0.1) is 25.3 Å². The molecule has 3 aromatic heterocycles. The third kappa shape index (κ3) is 3.14. The van der Waals surface area contributed by atoms with E-state index in [0.29, 0.717) is 22.2 Å². The maximum absolute atomic E-state index is 14.7. The number of imidazole rings is 1. The molecule has 3 heterocycles. The zero-order chi connectivity index (χ0) is 19.7. The molecule has 0 bridgehead atoms. The van der Waals surface area contributed by atoms with E-state index < -0.39 is 11.7 Å². The van der Waals surface area contributed by atoms with Gasteiger partial charge in [0.15, 0.2) is 0 Å². The van der Waals surface area contributed by atoms with E-state index >= 15 is 0 Å². The normalized spacial score (nSPS) is 10.8. The van der Waals surface area contributed by atoms with E-state index in [0.717, 1.165) is 11.3 Å². The summed E-state index contributed by atoms with van der Waals surface area (Å²) < 4.78 is 26.7. The second-order valence-corrected chi connectivity index (χ2v) is 6.58. The number of nitrogens with one attached hydrogen (secondary N) is 1. The highest BCUT2D eigenvalue weighted by Crippen LogP contribution is 2.36. The van der Waals surface area contributed by atoms with Gasteiger partial charge in [0, 0.05) is 24.2 Å². The Balaban J connectivity index is 1.85. The SMILES string of the molecule is COc1nnc(NC(=O)c2cn3ccnc3cc2-c2c(F)cccc2OC)s1. The zero-order valence-electron chi connectivity index (χ0n) is 14.8. The summed E-state index contributed by atoms with van der Waals surface area (Å²) in [7, 11) is 2.90. The summed E-state index contributed by atoms with van der Waals surface area (Å²) in [4.78, 5) is 17.2. The predicted octanol–water partition coefficient (Wildman–Crippen LogP) is 3.26. The first kappa shape index (κ1) is 17.9. The smallest absolute Gasteiger partial charge is 0.295 e. The summed E-state index contributed by atoms with van der Waals surface area (Å²) in [6.45, 7) is 0. The van der Waals surface area contributed by atoms with Gasteiger partial charge in [0.2, 0.25) is 5.13 Å². The van der Waals surface area contributed by atoms with Crippen LogP contribution in [0.5, 0.6) is 10.9 Å². The van der Waals surface area contributed by atoms with Crippen LogP contribution in [0.15, 0.2) is 42.9 Å². The molecule has 0 aliphatic rings. The van der Waals surface area contributed by atoms with Crippen LogP contribution in [0.4, 0.5) is 9.52 Å². The lowest BCUT2D eigenvalue weighted by atomic mass is 9.99. The number of hydrogen-bond acceptors (Lipinski definition) is 7. The average Bonchev–Trinajstić information content (AvgIpc) is 3.35. The van der Waals surface area contributed by atoms with Crippen molar-refractivity contribution in [3.05, 3.63) is 54.2 Å². The summed E-state index contributed by atoms with van der Waals surface area (Å²) in [6.07, 6.45) is 4.87. The molecule has 1 aromatic carbocycles. The second kappa shape index (κ2) is 7.24. The highest BCUT2D eigenvalue weighted by Gasteiger charge is 2.22. The van der Waals surface area contributed by atoms with E-state index in [9.17, 15) is 9.18 Å².